The number of hydrogen-bond acceptors (Lipinski definition) is 3. The fourth-order valence-corrected chi connectivity index (χ4v) is 2.64. The van der Waals surface area contributed by atoms with Gasteiger partial charge in [0, 0.05) is 12.6 Å². The van der Waals surface area contributed by atoms with Crippen molar-refractivity contribution < 1.29 is 0 Å². The van der Waals surface area contributed by atoms with Crippen molar-refractivity contribution >= 4 is 0 Å². The molecule has 0 spiro atoms. The molecule has 1 atom stereocenters. The highest BCUT2D eigenvalue weighted by molar-refractivity contribution is 4.84. The lowest BCUT2D eigenvalue weighted by Crippen LogP contribution is -2.42. The molecule has 1 saturated carbocycles. The minimum absolute atomic E-state index is 0.499. The molecule has 2 rings (SSSR count). The van der Waals surface area contributed by atoms with Crippen molar-refractivity contribution in [3.63, 3.8) is 0 Å². The largest absolute Gasteiger partial charge is 0.328 e. The molecule has 3 N–H and O–H groups in total. The Morgan fingerprint density at radius 3 is 2.57 bits per heavy atom. The molecule has 82 valence electrons. The van der Waals surface area contributed by atoms with Gasteiger partial charge >= 0.3 is 0 Å². The zero-order valence-electron chi connectivity index (χ0n) is 9.21. The maximum absolute atomic E-state index is 5.75. The second-order valence-corrected chi connectivity index (χ2v) is 5.17. The maximum atomic E-state index is 5.75. The van der Waals surface area contributed by atoms with Crippen molar-refractivity contribution in [1.29, 1.82) is 0 Å². The first-order valence-corrected chi connectivity index (χ1v) is 5.89. The molecule has 0 bridgehead atoms. The van der Waals surface area contributed by atoms with Gasteiger partial charge in [0.25, 0.3) is 0 Å². The summed E-state index contributed by atoms with van der Waals surface area (Å²) in [6.45, 7) is 4.95. The standard InChI is InChI=1S/C11H23N3/c1-14-3-2-9(8-14)6-13-7-10-4-11(12)5-10/h9-11,13H,2-8,12H2,1H3. The predicted molar refractivity (Wildman–Crippen MR) is 59.2 cm³/mol. The second-order valence-electron chi connectivity index (χ2n) is 5.17. The molecule has 1 heterocycles. The molecular weight excluding hydrogens is 174 g/mol. The average Bonchev–Trinajstić information content (AvgIpc) is 2.48. The SMILES string of the molecule is CN1CCC(CNCC2CC(N)C2)C1. The molecule has 2 aliphatic rings. The minimum atomic E-state index is 0.499. The molecule has 1 unspecified atom stereocenters. The summed E-state index contributed by atoms with van der Waals surface area (Å²) in [5.41, 5.74) is 5.75. The number of likely N-dealkylation sites (tertiary alicyclic amines) is 1. The Hall–Kier alpha value is -0.120. The number of rotatable bonds is 4. The van der Waals surface area contributed by atoms with Gasteiger partial charge in [0.05, 0.1) is 0 Å². The lowest BCUT2D eigenvalue weighted by atomic mass is 9.81. The summed E-state index contributed by atoms with van der Waals surface area (Å²) < 4.78 is 0. The maximum Gasteiger partial charge on any atom is 0.00450 e. The highest BCUT2D eigenvalue weighted by atomic mass is 15.1. The normalized spacial score (nSPS) is 38.6. The van der Waals surface area contributed by atoms with Crippen LogP contribution in [0.3, 0.4) is 0 Å². The number of nitrogens with zero attached hydrogens (tertiary/aromatic N) is 1. The van der Waals surface area contributed by atoms with Crippen molar-refractivity contribution in [2.24, 2.45) is 17.6 Å². The molecule has 0 aromatic rings. The smallest absolute Gasteiger partial charge is 0.00450 e. The highest BCUT2D eigenvalue weighted by Crippen LogP contribution is 2.24. The number of nitrogens with one attached hydrogen (secondary N) is 1. The Labute approximate surface area is 87.0 Å². The molecule has 3 heteroatoms. The van der Waals surface area contributed by atoms with Crippen molar-refractivity contribution in [3.8, 4) is 0 Å². The lowest BCUT2D eigenvalue weighted by molar-refractivity contribution is 0.252. The van der Waals surface area contributed by atoms with E-state index < -0.39 is 0 Å². The fraction of sp³-hybridized carbons (Fsp3) is 1.00. The van der Waals surface area contributed by atoms with Crippen LogP contribution in [0.2, 0.25) is 0 Å². The first kappa shape index (κ1) is 10.4. The Morgan fingerprint density at radius 2 is 2.00 bits per heavy atom. The van der Waals surface area contributed by atoms with Gasteiger partial charge in [0.15, 0.2) is 0 Å². The topological polar surface area (TPSA) is 41.3 Å². The molecule has 1 aliphatic heterocycles. The van der Waals surface area contributed by atoms with Gasteiger partial charge in [0.2, 0.25) is 0 Å². The highest BCUT2D eigenvalue weighted by Gasteiger charge is 2.26. The molecule has 0 aromatic heterocycles. The van der Waals surface area contributed by atoms with E-state index in [2.05, 4.69) is 17.3 Å². The monoisotopic (exact) mass is 197 g/mol. The third kappa shape index (κ3) is 2.69. The first-order chi connectivity index (χ1) is 6.74. The second kappa shape index (κ2) is 4.60. The van der Waals surface area contributed by atoms with Crippen molar-refractivity contribution in [3.05, 3.63) is 0 Å². The summed E-state index contributed by atoms with van der Waals surface area (Å²) in [5, 5.41) is 3.59. The van der Waals surface area contributed by atoms with Crippen LogP contribution in [0.15, 0.2) is 0 Å². The Morgan fingerprint density at radius 1 is 1.29 bits per heavy atom. The van der Waals surface area contributed by atoms with Gasteiger partial charge in [-0.05, 0) is 57.8 Å². The summed E-state index contributed by atoms with van der Waals surface area (Å²) >= 11 is 0. The molecular formula is C11H23N3. The van der Waals surface area contributed by atoms with Gasteiger partial charge in [-0.2, -0.15) is 0 Å². The molecule has 0 aromatic carbocycles. The van der Waals surface area contributed by atoms with Crippen molar-refractivity contribution in [1.82, 2.24) is 10.2 Å². The minimum Gasteiger partial charge on any atom is -0.328 e. The van der Waals surface area contributed by atoms with Crippen LogP contribution in [0.25, 0.3) is 0 Å². The van der Waals surface area contributed by atoms with E-state index in [1.165, 1.54) is 45.4 Å². The summed E-state index contributed by atoms with van der Waals surface area (Å²) in [7, 11) is 2.21. The zero-order chi connectivity index (χ0) is 9.97. The van der Waals surface area contributed by atoms with Crippen LogP contribution in [-0.2, 0) is 0 Å². The predicted octanol–water partition coefficient (Wildman–Crippen LogP) is 0.265. The summed E-state index contributed by atoms with van der Waals surface area (Å²) in [6.07, 6.45) is 3.84. The molecule has 14 heavy (non-hydrogen) atoms. The number of hydrogen-bond donors (Lipinski definition) is 2. The van der Waals surface area contributed by atoms with Crippen molar-refractivity contribution in [2.45, 2.75) is 25.3 Å². The average molecular weight is 197 g/mol. The summed E-state index contributed by atoms with van der Waals surface area (Å²) in [4.78, 5) is 2.42. The van der Waals surface area contributed by atoms with E-state index in [0.29, 0.717) is 6.04 Å². The summed E-state index contributed by atoms with van der Waals surface area (Å²) in [5.74, 6) is 1.75. The van der Waals surface area contributed by atoms with Gasteiger partial charge in [0.1, 0.15) is 0 Å². The quantitative estimate of drug-likeness (QED) is 0.679. The zero-order valence-corrected chi connectivity index (χ0v) is 9.21. The van der Waals surface area contributed by atoms with E-state index in [9.17, 15) is 0 Å². The van der Waals surface area contributed by atoms with E-state index in [4.69, 9.17) is 5.73 Å². The number of nitrogens with two attached hydrogens (primary N) is 1. The van der Waals surface area contributed by atoms with E-state index in [1.54, 1.807) is 0 Å². The van der Waals surface area contributed by atoms with Crippen LogP contribution in [0, 0.1) is 11.8 Å². The summed E-state index contributed by atoms with van der Waals surface area (Å²) in [6, 6.07) is 0.499. The van der Waals surface area contributed by atoms with E-state index in [0.717, 1.165) is 11.8 Å². The Bertz CT molecular complexity index is 177. The van der Waals surface area contributed by atoms with Gasteiger partial charge in [-0.15, -0.1) is 0 Å². The van der Waals surface area contributed by atoms with Crippen LogP contribution in [0.1, 0.15) is 19.3 Å². The molecule has 0 radical (unpaired) electrons. The Kier molecular flexibility index (Phi) is 3.42. The van der Waals surface area contributed by atoms with E-state index in [1.807, 2.05) is 0 Å². The van der Waals surface area contributed by atoms with Gasteiger partial charge in [-0.25, -0.2) is 0 Å². The first-order valence-electron chi connectivity index (χ1n) is 5.89. The lowest BCUT2D eigenvalue weighted by Gasteiger charge is -2.32. The van der Waals surface area contributed by atoms with Gasteiger partial charge in [-0.3, -0.25) is 0 Å². The third-order valence-electron chi connectivity index (χ3n) is 3.63. The molecule has 3 nitrogen and oxygen atoms in total. The van der Waals surface area contributed by atoms with Crippen LogP contribution in [0.5, 0.6) is 0 Å². The van der Waals surface area contributed by atoms with Gasteiger partial charge < -0.3 is 16.0 Å². The molecule has 2 fully saturated rings. The van der Waals surface area contributed by atoms with E-state index >= 15 is 0 Å². The van der Waals surface area contributed by atoms with Crippen LogP contribution >= 0.6 is 0 Å². The molecule has 1 saturated heterocycles. The van der Waals surface area contributed by atoms with Crippen LogP contribution in [0.4, 0.5) is 0 Å². The fourth-order valence-electron chi connectivity index (χ4n) is 2.64. The Balaban J connectivity index is 1.51. The van der Waals surface area contributed by atoms with Crippen LogP contribution < -0.4 is 11.1 Å². The third-order valence-corrected chi connectivity index (χ3v) is 3.63. The molecule has 1 aliphatic carbocycles. The van der Waals surface area contributed by atoms with Crippen molar-refractivity contribution in [2.75, 3.05) is 33.2 Å². The van der Waals surface area contributed by atoms with E-state index in [-0.39, 0.29) is 0 Å². The van der Waals surface area contributed by atoms with Crippen LogP contribution in [-0.4, -0.2) is 44.2 Å². The molecule has 0 amide bonds. The van der Waals surface area contributed by atoms with Gasteiger partial charge in [-0.1, -0.05) is 0 Å².